The van der Waals surface area contributed by atoms with Gasteiger partial charge in [0.05, 0.1) is 0 Å². The molecule has 1 aromatic rings. The predicted octanol–water partition coefficient (Wildman–Crippen LogP) is 4.66. The molecule has 0 aliphatic heterocycles. The average molecular weight is 261 g/mol. The molecule has 0 aliphatic carbocycles. The Labute approximate surface area is 119 Å². The molecule has 0 radical (unpaired) electrons. The SMILES string of the molecule is CC(C)Cc1ccc(CNCC(C)(C)C(C)C)cc1. The van der Waals surface area contributed by atoms with E-state index in [1.54, 1.807) is 0 Å². The van der Waals surface area contributed by atoms with Crippen LogP contribution in [0, 0.1) is 17.3 Å². The molecule has 1 nitrogen and oxygen atoms in total. The van der Waals surface area contributed by atoms with E-state index in [2.05, 4.69) is 71.1 Å². The fourth-order valence-electron chi connectivity index (χ4n) is 2.00. The third-order valence-corrected chi connectivity index (χ3v) is 4.14. The van der Waals surface area contributed by atoms with Crippen LogP contribution in [-0.4, -0.2) is 6.54 Å². The van der Waals surface area contributed by atoms with E-state index in [4.69, 9.17) is 0 Å². The van der Waals surface area contributed by atoms with Crippen molar-refractivity contribution in [3.63, 3.8) is 0 Å². The van der Waals surface area contributed by atoms with Gasteiger partial charge in [0.1, 0.15) is 0 Å². The van der Waals surface area contributed by atoms with Gasteiger partial charge in [-0.25, -0.2) is 0 Å². The first kappa shape index (κ1) is 16.2. The van der Waals surface area contributed by atoms with E-state index >= 15 is 0 Å². The topological polar surface area (TPSA) is 12.0 Å². The smallest absolute Gasteiger partial charge is 0.0205 e. The Morgan fingerprint density at radius 1 is 0.947 bits per heavy atom. The normalized spacial score (nSPS) is 12.4. The second-order valence-corrected chi connectivity index (χ2v) is 7.16. The maximum Gasteiger partial charge on any atom is 0.0205 e. The monoisotopic (exact) mass is 261 g/mol. The number of hydrogen-bond donors (Lipinski definition) is 1. The van der Waals surface area contributed by atoms with Gasteiger partial charge in [0.15, 0.2) is 0 Å². The lowest BCUT2D eigenvalue weighted by molar-refractivity contribution is 0.238. The molecule has 0 saturated carbocycles. The van der Waals surface area contributed by atoms with Gasteiger partial charge in [-0.05, 0) is 34.8 Å². The molecular weight excluding hydrogens is 230 g/mol. The van der Waals surface area contributed by atoms with E-state index in [0.29, 0.717) is 11.3 Å². The third kappa shape index (κ3) is 5.78. The van der Waals surface area contributed by atoms with Crippen LogP contribution in [0.15, 0.2) is 24.3 Å². The lowest BCUT2D eigenvalue weighted by Gasteiger charge is -2.29. The average Bonchev–Trinajstić information content (AvgIpc) is 2.30. The predicted molar refractivity (Wildman–Crippen MR) is 85.3 cm³/mol. The van der Waals surface area contributed by atoms with E-state index in [-0.39, 0.29) is 0 Å². The molecule has 1 rings (SSSR count). The van der Waals surface area contributed by atoms with Gasteiger partial charge in [-0.2, -0.15) is 0 Å². The molecule has 0 fully saturated rings. The minimum absolute atomic E-state index is 0.359. The zero-order chi connectivity index (χ0) is 14.5. The summed E-state index contributed by atoms with van der Waals surface area (Å²) >= 11 is 0. The van der Waals surface area contributed by atoms with Crippen LogP contribution in [-0.2, 0) is 13.0 Å². The molecule has 0 heterocycles. The highest BCUT2D eigenvalue weighted by Gasteiger charge is 2.21. The van der Waals surface area contributed by atoms with Crippen molar-refractivity contribution in [2.24, 2.45) is 17.3 Å². The minimum Gasteiger partial charge on any atom is -0.312 e. The summed E-state index contributed by atoms with van der Waals surface area (Å²) in [7, 11) is 0. The van der Waals surface area contributed by atoms with E-state index < -0.39 is 0 Å². The molecule has 1 aromatic carbocycles. The quantitative estimate of drug-likeness (QED) is 0.753. The first-order valence-corrected chi connectivity index (χ1v) is 7.60. The van der Waals surface area contributed by atoms with Gasteiger partial charge in [-0.15, -0.1) is 0 Å². The van der Waals surface area contributed by atoms with Crippen LogP contribution in [0.5, 0.6) is 0 Å². The van der Waals surface area contributed by atoms with Crippen LogP contribution in [0.25, 0.3) is 0 Å². The van der Waals surface area contributed by atoms with Crippen LogP contribution in [0.1, 0.15) is 52.7 Å². The molecule has 108 valence electrons. The molecule has 0 saturated heterocycles. The molecule has 0 atom stereocenters. The Morgan fingerprint density at radius 3 is 1.95 bits per heavy atom. The highest BCUT2D eigenvalue weighted by molar-refractivity contribution is 5.22. The molecule has 0 spiro atoms. The molecule has 1 N–H and O–H groups in total. The Bertz CT molecular complexity index is 360. The van der Waals surface area contributed by atoms with Crippen LogP contribution in [0.3, 0.4) is 0 Å². The summed E-state index contributed by atoms with van der Waals surface area (Å²) < 4.78 is 0. The van der Waals surface area contributed by atoms with Gasteiger partial charge in [0.2, 0.25) is 0 Å². The molecule has 0 amide bonds. The van der Waals surface area contributed by atoms with Crippen molar-refractivity contribution >= 4 is 0 Å². The van der Waals surface area contributed by atoms with Gasteiger partial charge in [-0.1, -0.05) is 65.8 Å². The molecule has 1 heteroatoms. The Balaban J connectivity index is 2.42. The fourth-order valence-corrected chi connectivity index (χ4v) is 2.00. The lowest BCUT2D eigenvalue weighted by atomic mass is 9.81. The van der Waals surface area contributed by atoms with Gasteiger partial charge >= 0.3 is 0 Å². The molecule has 0 bridgehead atoms. The summed E-state index contributed by atoms with van der Waals surface area (Å²) in [6.07, 6.45) is 1.17. The molecule has 0 aromatic heterocycles. The highest BCUT2D eigenvalue weighted by atomic mass is 14.9. The molecule has 0 unspecified atom stereocenters. The summed E-state index contributed by atoms with van der Waals surface area (Å²) in [6.45, 7) is 15.8. The zero-order valence-electron chi connectivity index (χ0n) is 13.6. The van der Waals surface area contributed by atoms with E-state index in [9.17, 15) is 0 Å². The lowest BCUT2D eigenvalue weighted by Crippen LogP contribution is -2.33. The second-order valence-electron chi connectivity index (χ2n) is 7.16. The second kappa shape index (κ2) is 7.09. The Morgan fingerprint density at radius 2 is 1.47 bits per heavy atom. The number of rotatable bonds is 7. The van der Waals surface area contributed by atoms with Gasteiger partial charge in [0, 0.05) is 13.1 Å². The Hall–Kier alpha value is -0.820. The first-order valence-electron chi connectivity index (χ1n) is 7.60. The summed E-state index contributed by atoms with van der Waals surface area (Å²) in [5.41, 5.74) is 3.19. The van der Waals surface area contributed by atoms with Crippen molar-refractivity contribution in [2.45, 2.75) is 54.5 Å². The maximum absolute atomic E-state index is 3.58. The summed E-state index contributed by atoms with van der Waals surface area (Å²) in [4.78, 5) is 0. The molecule has 0 aliphatic rings. The maximum atomic E-state index is 3.58. The Kier molecular flexibility index (Phi) is 6.06. The van der Waals surface area contributed by atoms with Crippen molar-refractivity contribution in [2.75, 3.05) is 6.54 Å². The molecular formula is C18H31N. The third-order valence-electron chi connectivity index (χ3n) is 4.14. The zero-order valence-corrected chi connectivity index (χ0v) is 13.6. The van der Waals surface area contributed by atoms with E-state index in [0.717, 1.165) is 19.0 Å². The van der Waals surface area contributed by atoms with Crippen LogP contribution < -0.4 is 5.32 Å². The first-order chi connectivity index (χ1) is 8.81. The van der Waals surface area contributed by atoms with Gasteiger partial charge < -0.3 is 5.32 Å². The highest BCUT2D eigenvalue weighted by Crippen LogP contribution is 2.24. The van der Waals surface area contributed by atoms with Gasteiger partial charge in [0.25, 0.3) is 0 Å². The number of hydrogen-bond acceptors (Lipinski definition) is 1. The van der Waals surface area contributed by atoms with Crippen LogP contribution in [0.2, 0.25) is 0 Å². The van der Waals surface area contributed by atoms with Crippen LogP contribution >= 0.6 is 0 Å². The van der Waals surface area contributed by atoms with E-state index in [1.807, 2.05) is 0 Å². The standard InChI is InChI=1S/C18H31N/c1-14(2)11-16-7-9-17(10-8-16)12-19-13-18(5,6)15(3)4/h7-10,14-15,19H,11-13H2,1-6H3. The fraction of sp³-hybridized carbons (Fsp3) is 0.667. The number of benzene rings is 1. The summed E-state index contributed by atoms with van der Waals surface area (Å²) in [6, 6.07) is 9.05. The van der Waals surface area contributed by atoms with Crippen molar-refractivity contribution in [3.8, 4) is 0 Å². The number of nitrogens with one attached hydrogen (secondary N) is 1. The minimum atomic E-state index is 0.359. The largest absolute Gasteiger partial charge is 0.312 e. The van der Waals surface area contributed by atoms with Crippen molar-refractivity contribution in [3.05, 3.63) is 35.4 Å². The van der Waals surface area contributed by atoms with Gasteiger partial charge in [-0.3, -0.25) is 0 Å². The van der Waals surface area contributed by atoms with Crippen molar-refractivity contribution in [1.82, 2.24) is 5.32 Å². The summed E-state index contributed by atoms with van der Waals surface area (Å²) in [5, 5.41) is 3.58. The van der Waals surface area contributed by atoms with Crippen molar-refractivity contribution in [1.29, 1.82) is 0 Å². The van der Waals surface area contributed by atoms with E-state index in [1.165, 1.54) is 17.5 Å². The van der Waals surface area contributed by atoms with Crippen molar-refractivity contribution < 1.29 is 0 Å². The summed E-state index contributed by atoms with van der Waals surface area (Å²) in [5.74, 6) is 1.43. The van der Waals surface area contributed by atoms with Crippen LogP contribution in [0.4, 0.5) is 0 Å². The molecule has 19 heavy (non-hydrogen) atoms.